The van der Waals surface area contributed by atoms with E-state index in [-0.39, 0.29) is 12.5 Å². The molecule has 1 aromatic heterocycles. The Morgan fingerprint density at radius 3 is 2.68 bits per heavy atom. The maximum Gasteiger partial charge on any atom is 0.242 e. The number of aromatic nitrogens is 2. The highest BCUT2D eigenvalue weighted by Gasteiger charge is 2.39. The number of hydrogen-bond donors (Lipinski definition) is 1. The highest BCUT2D eigenvalue weighted by molar-refractivity contribution is 5.76. The molecule has 116 valence electrons. The van der Waals surface area contributed by atoms with Crippen molar-refractivity contribution in [2.75, 3.05) is 13.1 Å². The minimum absolute atomic E-state index is 0.0207. The summed E-state index contributed by atoms with van der Waals surface area (Å²) < 4.78 is 1.86. The van der Waals surface area contributed by atoms with E-state index in [1.54, 1.807) is 11.2 Å². The molecule has 1 amide bonds. The maximum absolute atomic E-state index is 12.5. The van der Waals surface area contributed by atoms with Crippen LogP contribution in [0.3, 0.4) is 0 Å². The van der Waals surface area contributed by atoms with Crippen LogP contribution in [0.5, 0.6) is 0 Å². The zero-order valence-electron chi connectivity index (χ0n) is 13.0. The van der Waals surface area contributed by atoms with Crippen molar-refractivity contribution in [1.82, 2.24) is 14.5 Å². The van der Waals surface area contributed by atoms with Crippen molar-refractivity contribution < 1.29 is 9.90 Å². The number of β-amino-alcohol motifs (C(OH)–C–C–N with tert-alkyl or cyclic N) is 1. The van der Waals surface area contributed by atoms with Gasteiger partial charge in [-0.15, -0.1) is 0 Å². The second-order valence-electron chi connectivity index (χ2n) is 6.01. The van der Waals surface area contributed by atoms with Crippen molar-refractivity contribution in [1.29, 1.82) is 0 Å². The van der Waals surface area contributed by atoms with Gasteiger partial charge < -0.3 is 14.6 Å². The third-order valence-electron chi connectivity index (χ3n) is 4.56. The topological polar surface area (TPSA) is 58.4 Å². The average Bonchev–Trinajstić information content (AvgIpc) is 3.07. The third-order valence-corrected chi connectivity index (χ3v) is 4.56. The Morgan fingerprint density at radius 2 is 2.05 bits per heavy atom. The van der Waals surface area contributed by atoms with Crippen molar-refractivity contribution >= 4 is 5.91 Å². The Labute approximate surface area is 130 Å². The summed E-state index contributed by atoms with van der Waals surface area (Å²) in [5.41, 5.74) is 1.89. The van der Waals surface area contributed by atoms with Crippen molar-refractivity contribution in [2.24, 2.45) is 0 Å². The summed E-state index contributed by atoms with van der Waals surface area (Å²) >= 11 is 0. The van der Waals surface area contributed by atoms with Gasteiger partial charge in [0.2, 0.25) is 5.91 Å². The van der Waals surface area contributed by atoms with Crippen LogP contribution in [0.1, 0.15) is 23.4 Å². The van der Waals surface area contributed by atoms with Crippen molar-refractivity contribution in [3.05, 3.63) is 53.6 Å². The molecule has 2 aromatic rings. The first-order valence-electron chi connectivity index (χ1n) is 7.53. The van der Waals surface area contributed by atoms with Crippen molar-refractivity contribution in [3.63, 3.8) is 0 Å². The van der Waals surface area contributed by atoms with E-state index in [1.165, 1.54) is 0 Å². The minimum Gasteiger partial charge on any atom is -0.383 e. The molecule has 0 bridgehead atoms. The number of carbonyl (C=O) groups excluding carboxylic acids is 1. The summed E-state index contributed by atoms with van der Waals surface area (Å²) in [6.45, 7) is 5.09. The standard InChI is InChI=1S/C17H21N3O2/c1-13-14(2)20(12-18-13)10-16(21)19-9-8-17(22,11-19)15-6-4-3-5-7-15/h3-7,12,22H,8-11H2,1-2H3. The fraction of sp³-hybridized carbons (Fsp3) is 0.412. The van der Waals surface area contributed by atoms with Crippen LogP contribution in [0, 0.1) is 13.8 Å². The van der Waals surface area contributed by atoms with E-state index >= 15 is 0 Å². The van der Waals surface area contributed by atoms with E-state index in [0.29, 0.717) is 19.5 Å². The van der Waals surface area contributed by atoms with Gasteiger partial charge in [-0.1, -0.05) is 30.3 Å². The lowest BCUT2D eigenvalue weighted by Gasteiger charge is -2.24. The number of rotatable bonds is 3. The summed E-state index contributed by atoms with van der Waals surface area (Å²) in [6.07, 6.45) is 2.27. The van der Waals surface area contributed by atoms with Gasteiger partial charge in [-0.05, 0) is 25.8 Å². The molecule has 5 nitrogen and oxygen atoms in total. The van der Waals surface area contributed by atoms with Gasteiger partial charge in [-0.2, -0.15) is 0 Å². The fourth-order valence-electron chi connectivity index (χ4n) is 2.94. The first kappa shape index (κ1) is 14.8. The van der Waals surface area contributed by atoms with Crippen LogP contribution in [0.25, 0.3) is 0 Å². The number of imidazole rings is 1. The minimum atomic E-state index is -0.934. The molecule has 5 heteroatoms. The molecule has 0 aliphatic carbocycles. The average molecular weight is 299 g/mol. The molecule has 2 heterocycles. The summed E-state index contributed by atoms with van der Waals surface area (Å²) in [4.78, 5) is 18.4. The van der Waals surface area contributed by atoms with Gasteiger partial charge >= 0.3 is 0 Å². The molecule has 0 radical (unpaired) electrons. The molecule has 1 saturated heterocycles. The molecule has 1 aromatic carbocycles. The first-order valence-corrected chi connectivity index (χ1v) is 7.53. The van der Waals surface area contributed by atoms with Crippen LogP contribution in [0.4, 0.5) is 0 Å². The lowest BCUT2D eigenvalue weighted by Crippen LogP contribution is -2.36. The third kappa shape index (κ3) is 2.64. The fourth-order valence-corrected chi connectivity index (χ4v) is 2.94. The van der Waals surface area contributed by atoms with Gasteiger partial charge in [0.15, 0.2) is 0 Å². The molecular formula is C17H21N3O2. The number of amides is 1. The zero-order valence-corrected chi connectivity index (χ0v) is 13.0. The molecule has 3 rings (SSSR count). The smallest absolute Gasteiger partial charge is 0.242 e. The predicted molar refractivity (Wildman–Crippen MR) is 83.2 cm³/mol. The van der Waals surface area contributed by atoms with E-state index < -0.39 is 5.60 Å². The number of aliphatic hydroxyl groups is 1. The summed E-state index contributed by atoms with van der Waals surface area (Å²) in [6, 6.07) is 9.58. The molecule has 1 fully saturated rings. The molecule has 0 spiro atoms. The Hall–Kier alpha value is -2.14. The van der Waals surface area contributed by atoms with E-state index in [1.807, 2.05) is 48.7 Å². The largest absolute Gasteiger partial charge is 0.383 e. The molecule has 22 heavy (non-hydrogen) atoms. The quantitative estimate of drug-likeness (QED) is 0.937. The van der Waals surface area contributed by atoms with Crippen molar-refractivity contribution in [2.45, 2.75) is 32.4 Å². The van der Waals surface area contributed by atoms with Gasteiger partial charge in [0.05, 0.1) is 18.6 Å². The Morgan fingerprint density at radius 1 is 1.32 bits per heavy atom. The van der Waals surface area contributed by atoms with Crippen LogP contribution in [-0.4, -0.2) is 38.6 Å². The van der Waals surface area contributed by atoms with Gasteiger partial charge in [-0.25, -0.2) is 4.98 Å². The van der Waals surface area contributed by atoms with Crippen molar-refractivity contribution in [3.8, 4) is 0 Å². The van der Waals surface area contributed by atoms with Crippen LogP contribution in [0.15, 0.2) is 36.7 Å². The second kappa shape index (κ2) is 5.57. The summed E-state index contributed by atoms with van der Waals surface area (Å²) in [7, 11) is 0. The number of nitrogens with zero attached hydrogens (tertiary/aromatic N) is 3. The molecule has 1 atom stereocenters. The van der Waals surface area contributed by atoms with Gasteiger partial charge in [0.1, 0.15) is 12.1 Å². The highest BCUT2D eigenvalue weighted by atomic mass is 16.3. The van der Waals surface area contributed by atoms with Gasteiger partial charge in [-0.3, -0.25) is 4.79 Å². The SMILES string of the molecule is Cc1ncn(CC(=O)N2CCC(O)(c3ccccc3)C2)c1C. The molecule has 1 aliphatic heterocycles. The lowest BCUT2D eigenvalue weighted by atomic mass is 9.93. The predicted octanol–water partition coefficient (Wildman–Crippen LogP) is 1.62. The Bertz CT molecular complexity index is 680. The summed E-state index contributed by atoms with van der Waals surface area (Å²) in [5, 5.41) is 10.8. The molecule has 1 aliphatic rings. The van der Waals surface area contributed by atoms with Crippen LogP contribution in [-0.2, 0) is 16.9 Å². The van der Waals surface area contributed by atoms with Gasteiger partial charge in [0.25, 0.3) is 0 Å². The lowest BCUT2D eigenvalue weighted by molar-refractivity contribution is -0.131. The second-order valence-corrected chi connectivity index (χ2v) is 6.01. The van der Waals surface area contributed by atoms with Gasteiger partial charge in [0, 0.05) is 12.2 Å². The highest BCUT2D eigenvalue weighted by Crippen LogP contribution is 2.31. The number of hydrogen-bond acceptors (Lipinski definition) is 3. The maximum atomic E-state index is 12.5. The Balaban J connectivity index is 1.70. The zero-order chi connectivity index (χ0) is 15.7. The number of aryl methyl sites for hydroxylation is 1. The van der Waals surface area contributed by atoms with Crippen LogP contribution in [0.2, 0.25) is 0 Å². The van der Waals surface area contributed by atoms with Crippen LogP contribution < -0.4 is 0 Å². The number of likely N-dealkylation sites (tertiary alicyclic amines) is 1. The number of benzene rings is 1. The summed E-state index contributed by atoms with van der Waals surface area (Å²) in [5.74, 6) is 0.0207. The monoisotopic (exact) mass is 299 g/mol. The number of carbonyl (C=O) groups is 1. The first-order chi connectivity index (χ1) is 10.5. The normalized spacial score (nSPS) is 21.3. The molecule has 1 N–H and O–H groups in total. The van der Waals surface area contributed by atoms with E-state index in [2.05, 4.69) is 4.98 Å². The van der Waals surface area contributed by atoms with E-state index in [0.717, 1.165) is 17.0 Å². The molecule has 1 unspecified atom stereocenters. The van der Waals surface area contributed by atoms with E-state index in [9.17, 15) is 9.90 Å². The Kier molecular flexibility index (Phi) is 3.74. The van der Waals surface area contributed by atoms with E-state index in [4.69, 9.17) is 0 Å². The molecule has 0 saturated carbocycles. The molecular weight excluding hydrogens is 278 g/mol. The van der Waals surface area contributed by atoms with Crippen LogP contribution >= 0.6 is 0 Å².